The Balaban J connectivity index is 1.91. The van der Waals surface area contributed by atoms with E-state index in [1.165, 1.54) is 5.56 Å². The van der Waals surface area contributed by atoms with Crippen molar-refractivity contribution in [2.75, 3.05) is 13.1 Å². The SMILES string of the molecule is O=C1CCCC2(CNCC2c2ccccc2)N1. The average molecular weight is 230 g/mol. The Hall–Kier alpha value is -1.35. The summed E-state index contributed by atoms with van der Waals surface area (Å²) < 4.78 is 0. The molecule has 2 N–H and O–H groups in total. The molecule has 0 aliphatic carbocycles. The third kappa shape index (κ3) is 1.84. The van der Waals surface area contributed by atoms with Gasteiger partial charge in [0.25, 0.3) is 0 Å². The second-order valence-corrected chi connectivity index (χ2v) is 5.15. The van der Waals surface area contributed by atoms with Gasteiger partial charge < -0.3 is 10.6 Å². The molecular formula is C14H18N2O. The summed E-state index contributed by atoms with van der Waals surface area (Å²) in [5.41, 5.74) is 1.29. The molecule has 0 radical (unpaired) electrons. The van der Waals surface area contributed by atoms with Crippen molar-refractivity contribution in [2.45, 2.75) is 30.7 Å². The maximum Gasteiger partial charge on any atom is 0.220 e. The van der Waals surface area contributed by atoms with Crippen LogP contribution in [0.25, 0.3) is 0 Å². The average Bonchev–Trinajstić information content (AvgIpc) is 2.73. The summed E-state index contributed by atoms with van der Waals surface area (Å²) in [6.07, 6.45) is 2.78. The molecule has 2 unspecified atom stereocenters. The molecule has 3 rings (SSSR count). The van der Waals surface area contributed by atoms with Crippen molar-refractivity contribution in [1.82, 2.24) is 10.6 Å². The fraction of sp³-hybridized carbons (Fsp3) is 0.500. The molecule has 0 aromatic heterocycles. The number of piperidine rings is 1. The van der Waals surface area contributed by atoms with E-state index >= 15 is 0 Å². The first kappa shape index (κ1) is 10.8. The lowest BCUT2D eigenvalue weighted by atomic mass is 9.76. The maximum atomic E-state index is 11.7. The number of rotatable bonds is 1. The first-order valence-corrected chi connectivity index (χ1v) is 6.37. The highest BCUT2D eigenvalue weighted by Crippen LogP contribution is 2.37. The first-order chi connectivity index (χ1) is 8.30. The van der Waals surface area contributed by atoms with Gasteiger partial charge in [-0.2, -0.15) is 0 Å². The number of carbonyl (C=O) groups is 1. The first-order valence-electron chi connectivity index (χ1n) is 6.37. The van der Waals surface area contributed by atoms with Crippen molar-refractivity contribution in [2.24, 2.45) is 0 Å². The molecule has 2 fully saturated rings. The van der Waals surface area contributed by atoms with Crippen LogP contribution in [-0.4, -0.2) is 24.5 Å². The van der Waals surface area contributed by atoms with Crippen LogP contribution in [0.5, 0.6) is 0 Å². The zero-order valence-corrected chi connectivity index (χ0v) is 9.91. The van der Waals surface area contributed by atoms with Crippen LogP contribution in [0.2, 0.25) is 0 Å². The predicted octanol–water partition coefficient (Wildman–Crippen LogP) is 1.41. The van der Waals surface area contributed by atoms with Crippen LogP contribution in [0.4, 0.5) is 0 Å². The molecule has 1 amide bonds. The highest BCUT2D eigenvalue weighted by Gasteiger charge is 2.45. The summed E-state index contributed by atoms with van der Waals surface area (Å²) in [5.74, 6) is 0.619. The van der Waals surface area contributed by atoms with E-state index in [2.05, 4.69) is 34.9 Å². The maximum absolute atomic E-state index is 11.7. The van der Waals surface area contributed by atoms with Crippen molar-refractivity contribution in [3.8, 4) is 0 Å². The fourth-order valence-corrected chi connectivity index (χ4v) is 3.24. The van der Waals surface area contributed by atoms with Crippen LogP contribution < -0.4 is 10.6 Å². The Labute approximate surface area is 102 Å². The van der Waals surface area contributed by atoms with Crippen LogP contribution in [0.1, 0.15) is 30.7 Å². The zero-order chi connectivity index (χ0) is 11.7. The van der Waals surface area contributed by atoms with Gasteiger partial charge in [-0.15, -0.1) is 0 Å². The van der Waals surface area contributed by atoms with E-state index in [1.807, 2.05) is 6.07 Å². The topological polar surface area (TPSA) is 41.1 Å². The van der Waals surface area contributed by atoms with E-state index in [-0.39, 0.29) is 11.4 Å². The summed E-state index contributed by atoms with van der Waals surface area (Å²) in [4.78, 5) is 11.7. The Kier molecular flexibility index (Phi) is 2.63. The molecule has 2 atom stereocenters. The van der Waals surface area contributed by atoms with Crippen molar-refractivity contribution < 1.29 is 4.79 Å². The normalized spacial score (nSPS) is 32.7. The third-order valence-corrected chi connectivity index (χ3v) is 4.07. The molecule has 1 aromatic carbocycles. The van der Waals surface area contributed by atoms with Gasteiger partial charge in [0.05, 0.1) is 5.54 Å². The van der Waals surface area contributed by atoms with E-state index in [1.54, 1.807) is 0 Å². The van der Waals surface area contributed by atoms with Crippen LogP contribution in [0, 0.1) is 0 Å². The molecule has 3 nitrogen and oxygen atoms in total. The van der Waals surface area contributed by atoms with Crippen LogP contribution in [-0.2, 0) is 4.79 Å². The van der Waals surface area contributed by atoms with Gasteiger partial charge >= 0.3 is 0 Å². The molecule has 17 heavy (non-hydrogen) atoms. The lowest BCUT2D eigenvalue weighted by Crippen LogP contribution is -2.55. The van der Waals surface area contributed by atoms with Crippen molar-refractivity contribution in [3.05, 3.63) is 35.9 Å². The Bertz CT molecular complexity index is 417. The summed E-state index contributed by atoms with van der Waals surface area (Å²) in [5, 5.41) is 6.68. The summed E-state index contributed by atoms with van der Waals surface area (Å²) >= 11 is 0. The van der Waals surface area contributed by atoms with Crippen LogP contribution in [0.15, 0.2) is 30.3 Å². The minimum Gasteiger partial charge on any atom is -0.349 e. The molecule has 90 valence electrons. The minimum atomic E-state index is -0.0450. The van der Waals surface area contributed by atoms with E-state index in [0.717, 1.165) is 25.9 Å². The van der Waals surface area contributed by atoms with E-state index in [0.29, 0.717) is 12.3 Å². The molecule has 2 saturated heterocycles. The van der Waals surface area contributed by atoms with E-state index < -0.39 is 0 Å². The molecule has 2 aliphatic rings. The molecule has 3 heteroatoms. The molecule has 1 aromatic rings. The molecular weight excluding hydrogens is 212 g/mol. The van der Waals surface area contributed by atoms with Gasteiger partial charge in [0, 0.05) is 25.4 Å². The number of nitrogens with one attached hydrogen (secondary N) is 2. The standard InChI is InChI=1S/C14H18N2O/c17-13-7-4-8-14(16-13)10-15-9-12(14)11-5-2-1-3-6-11/h1-3,5-6,12,15H,4,7-10H2,(H,16,17). The number of carbonyl (C=O) groups excluding carboxylic acids is 1. The lowest BCUT2D eigenvalue weighted by molar-refractivity contribution is -0.125. The molecule has 1 spiro atoms. The Morgan fingerprint density at radius 3 is 2.82 bits per heavy atom. The van der Waals surface area contributed by atoms with Gasteiger partial charge in [-0.3, -0.25) is 4.79 Å². The van der Waals surface area contributed by atoms with Crippen molar-refractivity contribution >= 4 is 5.91 Å². The summed E-state index contributed by atoms with van der Waals surface area (Å²) in [6.45, 7) is 1.86. The number of benzene rings is 1. The molecule has 0 bridgehead atoms. The largest absolute Gasteiger partial charge is 0.349 e. The Morgan fingerprint density at radius 2 is 2.06 bits per heavy atom. The summed E-state index contributed by atoms with van der Waals surface area (Å²) in [6, 6.07) is 10.5. The third-order valence-electron chi connectivity index (χ3n) is 4.07. The second kappa shape index (κ2) is 4.15. The number of amides is 1. The predicted molar refractivity (Wildman–Crippen MR) is 66.8 cm³/mol. The molecule has 2 aliphatic heterocycles. The van der Waals surface area contributed by atoms with Gasteiger partial charge in [0.2, 0.25) is 5.91 Å². The Morgan fingerprint density at radius 1 is 1.24 bits per heavy atom. The smallest absolute Gasteiger partial charge is 0.220 e. The number of hydrogen-bond acceptors (Lipinski definition) is 2. The van der Waals surface area contributed by atoms with Gasteiger partial charge in [-0.1, -0.05) is 30.3 Å². The zero-order valence-electron chi connectivity index (χ0n) is 9.91. The second-order valence-electron chi connectivity index (χ2n) is 5.15. The van der Waals surface area contributed by atoms with E-state index in [4.69, 9.17) is 0 Å². The fourth-order valence-electron chi connectivity index (χ4n) is 3.24. The molecule has 2 heterocycles. The van der Waals surface area contributed by atoms with Gasteiger partial charge in [0.1, 0.15) is 0 Å². The van der Waals surface area contributed by atoms with Gasteiger partial charge in [0.15, 0.2) is 0 Å². The monoisotopic (exact) mass is 230 g/mol. The van der Waals surface area contributed by atoms with Crippen molar-refractivity contribution in [3.63, 3.8) is 0 Å². The lowest BCUT2D eigenvalue weighted by Gasteiger charge is -2.39. The van der Waals surface area contributed by atoms with Gasteiger partial charge in [-0.05, 0) is 18.4 Å². The highest BCUT2D eigenvalue weighted by atomic mass is 16.1. The number of hydrogen-bond donors (Lipinski definition) is 2. The van der Waals surface area contributed by atoms with Crippen LogP contribution in [0.3, 0.4) is 0 Å². The van der Waals surface area contributed by atoms with Crippen molar-refractivity contribution in [1.29, 1.82) is 0 Å². The highest BCUT2D eigenvalue weighted by molar-refractivity contribution is 5.78. The minimum absolute atomic E-state index is 0.0450. The molecule has 0 saturated carbocycles. The summed E-state index contributed by atoms with van der Waals surface area (Å²) in [7, 11) is 0. The van der Waals surface area contributed by atoms with Gasteiger partial charge in [-0.25, -0.2) is 0 Å². The van der Waals surface area contributed by atoms with E-state index in [9.17, 15) is 4.79 Å². The quantitative estimate of drug-likeness (QED) is 0.766. The van der Waals surface area contributed by atoms with Crippen LogP contribution >= 0.6 is 0 Å².